The van der Waals surface area contributed by atoms with Crippen LogP contribution in [0.25, 0.3) is 0 Å². The van der Waals surface area contributed by atoms with Crippen LogP contribution in [-0.2, 0) is 26.8 Å². The predicted molar refractivity (Wildman–Crippen MR) is 134 cm³/mol. The van der Waals surface area contributed by atoms with E-state index >= 15 is 0 Å². The fourth-order valence-corrected chi connectivity index (χ4v) is 5.53. The second-order valence-electron chi connectivity index (χ2n) is 8.37. The number of anilines is 1. The highest BCUT2D eigenvalue weighted by Gasteiger charge is 2.44. The van der Waals surface area contributed by atoms with Crippen molar-refractivity contribution in [2.24, 2.45) is 0 Å². The van der Waals surface area contributed by atoms with E-state index in [2.05, 4.69) is 11.4 Å². The van der Waals surface area contributed by atoms with E-state index in [1.54, 1.807) is 36.4 Å². The van der Waals surface area contributed by atoms with E-state index in [9.17, 15) is 18.5 Å². The Balaban J connectivity index is 1.55. The van der Waals surface area contributed by atoms with Gasteiger partial charge in [-0.05, 0) is 54.3 Å². The predicted octanol–water partition coefficient (Wildman–Crippen LogP) is 4.73. The fraction of sp³-hybridized carbons (Fsp3) is 0.231. The first kappa shape index (κ1) is 24.7. The van der Waals surface area contributed by atoms with Gasteiger partial charge in [0.25, 0.3) is 0 Å². The number of halogens is 1. The fourth-order valence-electron chi connectivity index (χ4n) is 3.79. The van der Waals surface area contributed by atoms with E-state index in [4.69, 9.17) is 16.3 Å². The topological polar surface area (TPSA) is 99.5 Å². The summed E-state index contributed by atoms with van der Waals surface area (Å²) in [5, 5.41) is 12.3. The molecule has 0 radical (unpaired) electrons. The number of carbonyl (C=O) groups excluding carboxylic acids is 1. The molecular weight excluding hydrogens is 486 g/mol. The Bertz CT molecular complexity index is 1370. The molecule has 3 aromatic rings. The van der Waals surface area contributed by atoms with Crippen LogP contribution in [0.2, 0.25) is 5.02 Å². The van der Waals surface area contributed by atoms with Crippen LogP contribution in [0.1, 0.15) is 24.0 Å². The Hall–Kier alpha value is -3.38. The normalized spacial score (nSPS) is 14.2. The summed E-state index contributed by atoms with van der Waals surface area (Å²) in [5.41, 5.74) is 1.77. The quantitative estimate of drug-likeness (QED) is 0.449. The lowest BCUT2D eigenvalue weighted by Gasteiger charge is -2.22. The smallest absolute Gasteiger partial charge is 0.243 e. The number of nitrogens with zero attached hydrogens (tertiary/aromatic N) is 2. The van der Waals surface area contributed by atoms with Crippen molar-refractivity contribution in [3.63, 3.8) is 0 Å². The Morgan fingerprint density at radius 3 is 2.37 bits per heavy atom. The Morgan fingerprint density at radius 1 is 1.11 bits per heavy atom. The number of rotatable bonds is 9. The first-order valence-corrected chi connectivity index (χ1v) is 12.8. The van der Waals surface area contributed by atoms with Gasteiger partial charge in [-0.3, -0.25) is 4.79 Å². The highest BCUT2D eigenvalue weighted by Crippen LogP contribution is 2.47. The number of hydrogen-bond donors (Lipinski definition) is 1. The average Bonchev–Trinajstić information content (AvgIpc) is 3.66. The van der Waals surface area contributed by atoms with Crippen molar-refractivity contribution in [2.45, 2.75) is 29.7 Å². The largest absolute Gasteiger partial charge is 0.495 e. The van der Waals surface area contributed by atoms with E-state index < -0.39 is 27.9 Å². The summed E-state index contributed by atoms with van der Waals surface area (Å²) in [4.78, 5) is 12.9. The summed E-state index contributed by atoms with van der Waals surface area (Å²) in [6, 6.07) is 22.7. The number of methoxy groups -OCH3 is 1. The highest BCUT2D eigenvalue weighted by atomic mass is 35.5. The molecule has 0 aliphatic heterocycles. The molecule has 0 spiro atoms. The minimum Gasteiger partial charge on any atom is -0.495 e. The second-order valence-corrected chi connectivity index (χ2v) is 10.7. The third kappa shape index (κ3) is 5.49. The van der Waals surface area contributed by atoms with Crippen molar-refractivity contribution >= 4 is 33.2 Å². The van der Waals surface area contributed by atoms with E-state index in [0.29, 0.717) is 11.4 Å². The van der Waals surface area contributed by atoms with Crippen LogP contribution < -0.4 is 10.1 Å². The molecule has 1 saturated carbocycles. The van der Waals surface area contributed by atoms with Gasteiger partial charge in [0.05, 0.1) is 35.1 Å². The lowest BCUT2D eigenvalue weighted by molar-refractivity contribution is -0.116. The first-order chi connectivity index (χ1) is 16.8. The summed E-state index contributed by atoms with van der Waals surface area (Å²) in [7, 11) is -2.62. The number of hydrogen-bond acceptors (Lipinski definition) is 5. The number of amides is 1. The van der Waals surface area contributed by atoms with Gasteiger partial charge in [-0.15, -0.1) is 0 Å². The number of nitrogens with one attached hydrogen (secondary N) is 1. The second kappa shape index (κ2) is 10.1. The molecule has 0 heterocycles. The maximum absolute atomic E-state index is 13.5. The molecule has 35 heavy (non-hydrogen) atoms. The van der Waals surface area contributed by atoms with Gasteiger partial charge >= 0.3 is 0 Å². The monoisotopic (exact) mass is 509 g/mol. The van der Waals surface area contributed by atoms with Crippen molar-refractivity contribution in [2.75, 3.05) is 19.0 Å². The summed E-state index contributed by atoms with van der Waals surface area (Å²) < 4.78 is 33.2. The third-order valence-electron chi connectivity index (χ3n) is 5.97. The van der Waals surface area contributed by atoms with Gasteiger partial charge in [-0.1, -0.05) is 54.1 Å². The highest BCUT2D eigenvalue weighted by molar-refractivity contribution is 7.89. The zero-order chi connectivity index (χ0) is 25.1. The van der Waals surface area contributed by atoms with Crippen LogP contribution in [0, 0.1) is 11.3 Å². The number of carbonyl (C=O) groups is 1. The zero-order valence-corrected chi connectivity index (χ0v) is 20.6. The maximum Gasteiger partial charge on any atom is 0.243 e. The average molecular weight is 510 g/mol. The molecule has 1 aliphatic carbocycles. The van der Waals surface area contributed by atoms with Gasteiger partial charge in [-0.2, -0.15) is 9.57 Å². The Morgan fingerprint density at radius 2 is 1.80 bits per heavy atom. The molecule has 3 aromatic carbocycles. The lowest BCUT2D eigenvalue weighted by atomic mass is 9.98. The van der Waals surface area contributed by atoms with E-state index in [1.165, 1.54) is 25.3 Å². The van der Waals surface area contributed by atoms with Gasteiger partial charge in [0, 0.05) is 12.2 Å². The Labute approximate surface area is 210 Å². The van der Waals surface area contributed by atoms with Crippen molar-refractivity contribution < 1.29 is 17.9 Å². The number of sulfonamides is 1. The van der Waals surface area contributed by atoms with Crippen LogP contribution in [-0.4, -0.2) is 32.3 Å². The molecule has 1 fully saturated rings. The summed E-state index contributed by atoms with van der Waals surface area (Å²) in [6.07, 6.45) is 1.66. The van der Waals surface area contributed by atoms with Crippen LogP contribution in [0.4, 0.5) is 5.69 Å². The van der Waals surface area contributed by atoms with Crippen molar-refractivity contribution in [1.82, 2.24) is 4.31 Å². The van der Waals surface area contributed by atoms with Gasteiger partial charge < -0.3 is 10.1 Å². The van der Waals surface area contributed by atoms with Gasteiger partial charge in [0.1, 0.15) is 5.75 Å². The summed E-state index contributed by atoms with van der Waals surface area (Å²) in [6.45, 7) is -0.394. The van der Waals surface area contributed by atoms with Crippen LogP contribution in [0.3, 0.4) is 0 Å². The van der Waals surface area contributed by atoms with E-state index in [1.807, 2.05) is 18.2 Å². The molecule has 1 N–H and O–H groups in total. The maximum atomic E-state index is 13.5. The standard InChI is InChI=1S/C26H24ClN3O4S/c1-34-24-12-11-22(15-23(24)27)35(32,33)30(16-19-5-3-2-4-6-19)17-25(31)29-21-9-7-20(8-10-21)26(18-28)13-14-26/h2-12,15H,13-14,16-17H2,1H3,(H,29,31). The molecule has 0 atom stereocenters. The van der Waals surface area contributed by atoms with Crippen molar-refractivity contribution in [3.05, 3.63) is 88.9 Å². The molecule has 180 valence electrons. The molecule has 0 saturated heterocycles. The Kier molecular flexibility index (Phi) is 7.13. The number of nitriles is 1. The molecule has 1 amide bonds. The molecule has 1 aliphatic rings. The molecule has 4 rings (SSSR count). The summed E-state index contributed by atoms with van der Waals surface area (Å²) in [5.74, 6) is -0.135. The lowest BCUT2D eigenvalue weighted by Crippen LogP contribution is -2.37. The van der Waals surface area contributed by atoms with Gasteiger partial charge in [0.15, 0.2) is 0 Å². The third-order valence-corrected chi connectivity index (χ3v) is 8.05. The van der Waals surface area contributed by atoms with Crippen LogP contribution in [0.5, 0.6) is 5.75 Å². The minimum absolute atomic E-state index is 0.00384. The van der Waals surface area contributed by atoms with Crippen LogP contribution in [0.15, 0.2) is 77.7 Å². The molecule has 0 unspecified atom stereocenters. The van der Waals surface area contributed by atoms with Crippen molar-refractivity contribution in [1.29, 1.82) is 5.26 Å². The van der Waals surface area contributed by atoms with E-state index in [-0.39, 0.29) is 16.5 Å². The molecule has 0 aromatic heterocycles. The zero-order valence-electron chi connectivity index (χ0n) is 19.1. The molecular formula is C26H24ClN3O4S. The van der Waals surface area contributed by atoms with E-state index in [0.717, 1.165) is 28.3 Å². The SMILES string of the molecule is COc1ccc(S(=O)(=O)N(CC(=O)Nc2ccc(C3(C#N)CC3)cc2)Cc2ccccc2)cc1Cl. The minimum atomic E-state index is -4.06. The van der Waals surface area contributed by atoms with Crippen molar-refractivity contribution in [3.8, 4) is 11.8 Å². The molecule has 9 heteroatoms. The molecule has 7 nitrogen and oxygen atoms in total. The number of benzene rings is 3. The molecule has 0 bridgehead atoms. The van der Waals surface area contributed by atoms with Gasteiger partial charge in [0.2, 0.25) is 15.9 Å². The summed E-state index contributed by atoms with van der Waals surface area (Å²) >= 11 is 6.17. The number of ether oxygens (including phenoxy) is 1. The first-order valence-electron chi connectivity index (χ1n) is 11.0. The van der Waals surface area contributed by atoms with Crippen LogP contribution >= 0.6 is 11.6 Å². The van der Waals surface area contributed by atoms with Gasteiger partial charge in [-0.25, -0.2) is 8.42 Å².